The molecule has 27 heavy (non-hydrogen) atoms. The molecule has 0 saturated heterocycles. The first-order valence-corrected chi connectivity index (χ1v) is 13.2. The molecule has 0 bridgehead atoms. The summed E-state index contributed by atoms with van der Waals surface area (Å²) in [6.45, 7) is 3.97. The highest BCUT2D eigenvalue weighted by molar-refractivity contribution is 7.86. The van der Waals surface area contributed by atoms with E-state index in [1.807, 2.05) is 62.4 Å². The summed E-state index contributed by atoms with van der Waals surface area (Å²) >= 11 is 9.33. The van der Waals surface area contributed by atoms with Crippen LogP contribution in [0.3, 0.4) is 0 Å². The third kappa shape index (κ3) is 5.03. The summed E-state index contributed by atoms with van der Waals surface area (Å²) in [5.41, 5.74) is 2.19. The first-order chi connectivity index (χ1) is 12.8. The van der Waals surface area contributed by atoms with Crippen LogP contribution in [0.1, 0.15) is 11.1 Å². The molecule has 1 radical (unpaired) electrons. The molecule has 7 heteroatoms. The van der Waals surface area contributed by atoms with E-state index >= 15 is 0 Å². The third-order valence-corrected chi connectivity index (χ3v) is 11.8. The van der Waals surface area contributed by atoms with Gasteiger partial charge in [0, 0.05) is 5.02 Å². The molecular formula is C20H17Cl2IO3S+. The molecule has 0 aliphatic heterocycles. The first kappa shape index (κ1) is 20.6. The monoisotopic (exact) mass is 534 g/mol. The van der Waals surface area contributed by atoms with Crippen molar-refractivity contribution in [2.75, 3.05) is 0 Å². The van der Waals surface area contributed by atoms with Crippen molar-refractivity contribution in [3.8, 4) is 0 Å². The third-order valence-electron chi connectivity index (χ3n) is 3.73. The molecule has 0 heterocycles. The van der Waals surface area contributed by atoms with E-state index in [0.717, 1.165) is 18.3 Å². The number of hydrogen-bond acceptors (Lipinski definition) is 3. The number of benzene rings is 3. The largest absolute Gasteiger partial charge is 0.337 e. The molecular weight excluding hydrogens is 518 g/mol. The summed E-state index contributed by atoms with van der Waals surface area (Å²) in [4.78, 5) is -0.113. The van der Waals surface area contributed by atoms with E-state index in [1.165, 1.54) is 12.1 Å². The predicted molar refractivity (Wildman–Crippen MR) is 104 cm³/mol. The molecule has 3 rings (SSSR count). The highest BCUT2D eigenvalue weighted by Crippen LogP contribution is 2.25. The minimum atomic E-state index is -4.08. The molecule has 0 aliphatic rings. The van der Waals surface area contributed by atoms with Crippen molar-refractivity contribution in [2.24, 2.45) is 0 Å². The Kier molecular flexibility index (Phi) is 6.48. The zero-order valence-corrected chi connectivity index (χ0v) is 19.1. The Balaban J connectivity index is 2.06. The van der Waals surface area contributed by atoms with E-state index in [1.54, 1.807) is 6.07 Å². The van der Waals surface area contributed by atoms with Gasteiger partial charge in [-0.15, -0.1) is 0 Å². The van der Waals surface area contributed by atoms with Crippen LogP contribution in [-0.4, -0.2) is 8.42 Å². The SMILES string of the molecule is Cc1ccc([I+](OS(=O)(=O)c2cc(Cl)ccc2Cl)c2ccc(C)cc2)cc1. The Labute approximate surface area is 177 Å². The van der Waals surface area contributed by atoms with Gasteiger partial charge in [-0.3, -0.25) is 0 Å². The first-order valence-electron chi connectivity index (χ1n) is 8.00. The Morgan fingerprint density at radius 3 is 1.74 bits per heavy atom. The summed E-state index contributed by atoms with van der Waals surface area (Å²) in [5.74, 6) is 0. The molecule has 0 fully saturated rings. The summed E-state index contributed by atoms with van der Waals surface area (Å²) < 4.78 is 33.5. The maximum atomic E-state index is 13.0. The highest BCUT2D eigenvalue weighted by atomic mass is 127. The van der Waals surface area contributed by atoms with Gasteiger partial charge < -0.3 is 0 Å². The second-order valence-corrected chi connectivity index (χ2v) is 13.2. The van der Waals surface area contributed by atoms with Crippen molar-refractivity contribution in [3.05, 3.63) is 95.0 Å². The van der Waals surface area contributed by atoms with Crippen LogP contribution < -0.4 is 20.2 Å². The van der Waals surface area contributed by atoms with Gasteiger partial charge in [-0.25, -0.2) is 0 Å². The molecule has 0 atom stereocenters. The molecule has 0 N–H and O–H groups in total. The van der Waals surface area contributed by atoms with Crippen molar-refractivity contribution in [1.29, 1.82) is 0 Å². The second-order valence-electron chi connectivity index (χ2n) is 5.93. The van der Waals surface area contributed by atoms with Crippen LogP contribution in [-0.2, 0) is 12.6 Å². The number of rotatable bonds is 5. The van der Waals surface area contributed by atoms with Crippen LogP contribution >= 0.6 is 23.2 Å². The van der Waals surface area contributed by atoms with Gasteiger partial charge in [0.1, 0.15) is 4.90 Å². The predicted octanol–water partition coefficient (Wildman–Crippen LogP) is 2.59. The van der Waals surface area contributed by atoms with Crippen LogP contribution in [0, 0.1) is 21.0 Å². The van der Waals surface area contributed by atoms with Crippen molar-refractivity contribution < 1.29 is 31.2 Å². The lowest BCUT2D eigenvalue weighted by Crippen LogP contribution is -3.85. The van der Waals surface area contributed by atoms with Gasteiger partial charge >= 0.3 is 30.4 Å². The molecule has 0 unspecified atom stereocenters. The lowest BCUT2D eigenvalue weighted by Gasteiger charge is -2.08. The van der Waals surface area contributed by atoms with E-state index in [-0.39, 0.29) is 14.9 Å². The Bertz CT molecular complexity index is 1000. The fraction of sp³-hybridized carbons (Fsp3) is 0.100. The molecule has 0 aliphatic carbocycles. The van der Waals surface area contributed by atoms with Crippen LogP contribution in [0.5, 0.6) is 0 Å². The fourth-order valence-electron chi connectivity index (χ4n) is 2.28. The minimum Gasteiger partial charge on any atom is -0.190 e. The van der Waals surface area contributed by atoms with E-state index in [9.17, 15) is 8.42 Å². The Morgan fingerprint density at radius 1 is 0.778 bits per heavy atom. The molecule has 141 valence electrons. The molecule has 3 aromatic rings. The maximum Gasteiger partial charge on any atom is 0.337 e. The van der Waals surface area contributed by atoms with Gasteiger partial charge in [0.15, 0.2) is 7.14 Å². The van der Waals surface area contributed by atoms with Crippen LogP contribution in [0.4, 0.5) is 0 Å². The Hall–Kier alpha value is -1.12. The zero-order chi connectivity index (χ0) is 19.6. The van der Waals surface area contributed by atoms with E-state index in [0.29, 0.717) is 0 Å². The normalized spacial score (nSPS) is 11.7. The second kappa shape index (κ2) is 8.49. The van der Waals surface area contributed by atoms with Gasteiger partial charge in [0.05, 0.1) is 5.02 Å². The van der Waals surface area contributed by atoms with Crippen LogP contribution in [0.2, 0.25) is 10.0 Å². The quantitative estimate of drug-likeness (QED) is 0.473. The molecule has 0 aromatic heterocycles. The van der Waals surface area contributed by atoms with Gasteiger partial charge in [0.25, 0.3) is 0 Å². The molecule has 3 nitrogen and oxygen atoms in total. The molecule has 0 amide bonds. The number of hydrogen-bond donors (Lipinski definition) is 0. The zero-order valence-electron chi connectivity index (χ0n) is 14.6. The highest BCUT2D eigenvalue weighted by Gasteiger charge is 2.38. The van der Waals surface area contributed by atoms with Crippen molar-refractivity contribution in [2.45, 2.75) is 18.7 Å². The summed E-state index contributed by atoms with van der Waals surface area (Å²) in [6, 6.07) is 19.8. The van der Waals surface area contributed by atoms with Crippen molar-refractivity contribution in [1.82, 2.24) is 0 Å². The topological polar surface area (TPSA) is 43.4 Å². The van der Waals surface area contributed by atoms with Gasteiger partial charge in [-0.2, -0.15) is 8.42 Å². The average Bonchev–Trinajstić information content (AvgIpc) is 2.63. The minimum absolute atomic E-state index is 0.0861. The average molecular weight is 535 g/mol. The smallest absolute Gasteiger partial charge is 0.190 e. The van der Waals surface area contributed by atoms with Crippen LogP contribution in [0.15, 0.2) is 71.6 Å². The number of halogens is 3. The fourth-order valence-corrected chi connectivity index (χ4v) is 9.87. The summed E-state index contributed by atoms with van der Waals surface area (Å²) in [5, 5.41) is 0.371. The molecule has 3 aromatic carbocycles. The summed E-state index contributed by atoms with van der Waals surface area (Å²) in [7, 11) is -4.08. The standard InChI is InChI=1S/C20H17Cl2IO3S/c1-14-3-8-17(9-4-14)23(18-10-5-15(2)6-11-18)26-27(24,25)20-13-16(21)7-12-19(20)22/h3-13H,1-2H3/q+1. The van der Waals surface area contributed by atoms with E-state index in [4.69, 9.17) is 25.7 Å². The maximum absolute atomic E-state index is 13.0. The van der Waals surface area contributed by atoms with Gasteiger partial charge in [-0.1, -0.05) is 58.6 Å². The summed E-state index contributed by atoms with van der Waals surface area (Å²) in [6.07, 6.45) is 0. The van der Waals surface area contributed by atoms with E-state index in [2.05, 4.69) is 0 Å². The van der Waals surface area contributed by atoms with Gasteiger partial charge in [-0.05, 0) is 58.8 Å². The molecule has 0 spiro atoms. The lowest BCUT2D eigenvalue weighted by atomic mass is 10.2. The Morgan fingerprint density at radius 2 is 1.26 bits per heavy atom. The van der Waals surface area contributed by atoms with Crippen LogP contribution in [0.25, 0.3) is 0 Å². The van der Waals surface area contributed by atoms with Crippen molar-refractivity contribution in [3.63, 3.8) is 0 Å². The lowest BCUT2D eigenvalue weighted by molar-refractivity contribution is -1.03. The van der Waals surface area contributed by atoms with Crippen molar-refractivity contribution >= 4 is 33.3 Å². The van der Waals surface area contributed by atoms with Gasteiger partial charge in [0.2, 0.25) is 0 Å². The molecule has 0 saturated carbocycles. The number of aryl methyl sites for hydroxylation is 2. The van der Waals surface area contributed by atoms with E-state index < -0.39 is 30.4 Å².